The van der Waals surface area contributed by atoms with E-state index in [0.717, 1.165) is 45.9 Å². The van der Waals surface area contributed by atoms with E-state index < -0.39 is 0 Å². The molecule has 0 aliphatic heterocycles. The Morgan fingerprint density at radius 3 is 2.00 bits per heavy atom. The van der Waals surface area contributed by atoms with E-state index in [4.69, 9.17) is 12.2 Å². The maximum absolute atomic E-state index is 12.0. The van der Waals surface area contributed by atoms with E-state index in [1.807, 2.05) is 65.3 Å². The topological polar surface area (TPSA) is 26.9 Å². The number of carbonyl (C=O) groups excluding carboxylic acids is 1. The molecule has 5 heteroatoms. The molecule has 0 bridgehead atoms. The predicted molar refractivity (Wildman–Crippen MR) is 111 cm³/mol. The summed E-state index contributed by atoms with van der Waals surface area (Å²) in [7, 11) is 0. The standard InChI is InChI=1S/C21H22N2OS2/c1-3-4-15-19-20(25)22(17-11-7-5-8-12-17)23(21(19)26-16(2)24)18-13-9-6-10-14-18/h5-14H,3-4,15H2,1-2H3. The number of para-hydroxylation sites is 2. The molecule has 0 unspecified atom stereocenters. The lowest BCUT2D eigenvalue weighted by Gasteiger charge is -2.15. The first-order valence-corrected chi connectivity index (χ1v) is 10.0. The maximum Gasteiger partial charge on any atom is 0.192 e. The summed E-state index contributed by atoms with van der Waals surface area (Å²) in [6, 6.07) is 20.2. The molecule has 0 fully saturated rings. The van der Waals surface area contributed by atoms with Gasteiger partial charge < -0.3 is 0 Å². The van der Waals surface area contributed by atoms with Crippen LogP contribution in [-0.2, 0) is 11.2 Å². The number of nitrogens with zero attached hydrogens (tertiary/aromatic N) is 2. The summed E-state index contributed by atoms with van der Waals surface area (Å²) < 4.78 is 4.90. The second kappa shape index (κ2) is 8.52. The van der Waals surface area contributed by atoms with Crippen LogP contribution in [0.5, 0.6) is 0 Å². The van der Waals surface area contributed by atoms with E-state index in [2.05, 4.69) is 11.6 Å². The molecule has 0 saturated heterocycles. The molecule has 1 aromatic heterocycles. The van der Waals surface area contributed by atoms with Crippen LogP contribution in [0.4, 0.5) is 0 Å². The number of thioether (sulfide) groups is 1. The Morgan fingerprint density at radius 1 is 0.962 bits per heavy atom. The SMILES string of the molecule is CCCCc1c(SC(C)=O)n(-c2ccccc2)n(-c2ccccc2)c1=S. The smallest absolute Gasteiger partial charge is 0.192 e. The van der Waals surface area contributed by atoms with Gasteiger partial charge in [0.15, 0.2) is 5.12 Å². The number of hydrogen-bond acceptors (Lipinski definition) is 3. The fourth-order valence-electron chi connectivity index (χ4n) is 2.94. The molecule has 0 atom stereocenters. The van der Waals surface area contributed by atoms with Crippen molar-refractivity contribution in [2.24, 2.45) is 0 Å². The lowest BCUT2D eigenvalue weighted by atomic mass is 10.2. The average molecular weight is 383 g/mol. The molecule has 3 nitrogen and oxygen atoms in total. The van der Waals surface area contributed by atoms with Gasteiger partial charge in [-0.05, 0) is 48.9 Å². The van der Waals surface area contributed by atoms with E-state index in [1.54, 1.807) is 6.92 Å². The van der Waals surface area contributed by atoms with Crippen molar-refractivity contribution in [1.82, 2.24) is 9.36 Å². The zero-order valence-corrected chi connectivity index (χ0v) is 16.6. The third-order valence-electron chi connectivity index (χ3n) is 4.12. The average Bonchev–Trinajstić information content (AvgIpc) is 2.92. The molecule has 3 aromatic rings. The van der Waals surface area contributed by atoms with Crippen molar-refractivity contribution in [2.75, 3.05) is 0 Å². The molecule has 0 spiro atoms. The van der Waals surface area contributed by atoms with Gasteiger partial charge in [0.05, 0.1) is 11.4 Å². The van der Waals surface area contributed by atoms with Gasteiger partial charge in [-0.1, -0.05) is 62.0 Å². The van der Waals surface area contributed by atoms with Gasteiger partial charge in [0.25, 0.3) is 0 Å². The van der Waals surface area contributed by atoms with Gasteiger partial charge in [-0.25, -0.2) is 9.36 Å². The molecule has 2 aromatic carbocycles. The number of benzene rings is 2. The highest BCUT2D eigenvalue weighted by Crippen LogP contribution is 2.32. The van der Waals surface area contributed by atoms with Crippen molar-refractivity contribution in [2.45, 2.75) is 38.1 Å². The van der Waals surface area contributed by atoms with Crippen molar-refractivity contribution >= 4 is 29.1 Å². The largest absolute Gasteiger partial charge is 0.287 e. The van der Waals surface area contributed by atoms with Gasteiger partial charge in [-0.2, -0.15) is 0 Å². The molecule has 0 aliphatic rings. The molecule has 0 radical (unpaired) electrons. The monoisotopic (exact) mass is 382 g/mol. The third-order valence-corrected chi connectivity index (χ3v) is 5.44. The minimum Gasteiger partial charge on any atom is -0.287 e. The molecular weight excluding hydrogens is 360 g/mol. The van der Waals surface area contributed by atoms with Crippen LogP contribution in [-0.4, -0.2) is 14.5 Å². The molecule has 1 heterocycles. The fraction of sp³-hybridized carbons (Fsp3) is 0.238. The molecule has 0 N–H and O–H groups in total. The molecule has 0 amide bonds. The lowest BCUT2D eigenvalue weighted by Crippen LogP contribution is -2.10. The van der Waals surface area contributed by atoms with Crippen molar-refractivity contribution in [1.29, 1.82) is 0 Å². The second-order valence-electron chi connectivity index (χ2n) is 6.08. The third kappa shape index (κ3) is 3.84. The fourth-order valence-corrected chi connectivity index (χ4v) is 4.26. The maximum atomic E-state index is 12.0. The first-order valence-electron chi connectivity index (χ1n) is 8.79. The highest BCUT2D eigenvalue weighted by atomic mass is 32.2. The van der Waals surface area contributed by atoms with E-state index in [0.29, 0.717) is 0 Å². The summed E-state index contributed by atoms with van der Waals surface area (Å²) >= 11 is 7.13. The first-order chi connectivity index (χ1) is 12.6. The normalized spacial score (nSPS) is 10.8. The van der Waals surface area contributed by atoms with Crippen LogP contribution in [0.3, 0.4) is 0 Å². The summed E-state index contributed by atoms with van der Waals surface area (Å²) in [5.41, 5.74) is 3.07. The Labute approximate surface area is 163 Å². The van der Waals surface area contributed by atoms with Crippen molar-refractivity contribution in [3.05, 3.63) is 70.9 Å². The van der Waals surface area contributed by atoms with Gasteiger partial charge in [0.1, 0.15) is 9.67 Å². The van der Waals surface area contributed by atoms with Crippen LogP contribution < -0.4 is 0 Å². The van der Waals surface area contributed by atoms with Crippen LogP contribution in [0.15, 0.2) is 65.7 Å². The number of rotatable bonds is 6. The summed E-state index contributed by atoms with van der Waals surface area (Å²) in [4.78, 5) is 12.0. The molecule has 26 heavy (non-hydrogen) atoms. The van der Waals surface area contributed by atoms with E-state index >= 15 is 0 Å². The zero-order chi connectivity index (χ0) is 18.5. The molecular formula is C21H22N2OS2. The molecule has 3 rings (SSSR count). The summed E-state index contributed by atoms with van der Waals surface area (Å²) in [6.07, 6.45) is 3.00. The molecule has 134 valence electrons. The Bertz CT molecular complexity index is 943. The van der Waals surface area contributed by atoms with Crippen molar-refractivity contribution in [3.63, 3.8) is 0 Å². The van der Waals surface area contributed by atoms with E-state index in [1.165, 1.54) is 11.8 Å². The van der Waals surface area contributed by atoms with Crippen molar-refractivity contribution < 1.29 is 4.79 Å². The van der Waals surface area contributed by atoms with Crippen LogP contribution in [0.2, 0.25) is 0 Å². The minimum atomic E-state index is 0.0626. The van der Waals surface area contributed by atoms with Gasteiger partial charge in [-0.15, -0.1) is 0 Å². The predicted octanol–water partition coefficient (Wildman–Crippen LogP) is 5.98. The van der Waals surface area contributed by atoms with Crippen LogP contribution >= 0.6 is 24.0 Å². The quantitative estimate of drug-likeness (QED) is 0.388. The molecule has 0 saturated carbocycles. The zero-order valence-electron chi connectivity index (χ0n) is 15.0. The Kier molecular flexibility index (Phi) is 6.12. The van der Waals surface area contributed by atoms with Crippen LogP contribution in [0, 0.1) is 4.64 Å². The lowest BCUT2D eigenvalue weighted by molar-refractivity contribution is -0.109. The van der Waals surface area contributed by atoms with Gasteiger partial charge in [-0.3, -0.25) is 4.79 Å². The number of carbonyl (C=O) groups is 1. The summed E-state index contributed by atoms with van der Waals surface area (Å²) in [5.74, 6) is 0. The van der Waals surface area contributed by atoms with Crippen LogP contribution in [0.25, 0.3) is 11.4 Å². The van der Waals surface area contributed by atoms with E-state index in [9.17, 15) is 4.79 Å². The summed E-state index contributed by atoms with van der Waals surface area (Å²) in [5, 5.41) is 0.985. The van der Waals surface area contributed by atoms with E-state index in [-0.39, 0.29) is 5.12 Å². The van der Waals surface area contributed by atoms with Gasteiger partial charge in [0, 0.05) is 12.5 Å². The minimum absolute atomic E-state index is 0.0626. The molecule has 0 aliphatic carbocycles. The van der Waals surface area contributed by atoms with Crippen molar-refractivity contribution in [3.8, 4) is 11.4 Å². The highest BCUT2D eigenvalue weighted by Gasteiger charge is 2.21. The number of aromatic nitrogens is 2. The highest BCUT2D eigenvalue weighted by molar-refractivity contribution is 8.13. The number of unbranched alkanes of at least 4 members (excludes halogenated alkanes) is 1. The van der Waals surface area contributed by atoms with Gasteiger partial charge in [0.2, 0.25) is 0 Å². The first kappa shape index (κ1) is 18.7. The van der Waals surface area contributed by atoms with Crippen LogP contribution in [0.1, 0.15) is 32.3 Å². The Morgan fingerprint density at radius 2 is 1.50 bits per heavy atom. The number of hydrogen-bond donors (Lipinski definition) is 0. The Balaban J connectivity index is 2.33. The Hall–Kier alpha value is -2.11. The van der Waals surface area contributed by atoms with Gasteiger partial charge >= 0.3 is 0 Å². The second-order valence-corrected chi connectivity index (χ2v) is 7.63. The summed E-state index contributed by atoms with van der Waals surface area (Å²) in [6.45, 7) is 3.77.